The van der Waals surface area contributed by atoms with Gasteiger partial charge in [0, 0.05) is 48.9 Å². The number of benzene rings is 2. The number of hydrogen-bond acceptors (Lipinski definition) is 6. The number of halogens is 2. The van der Waals surface area contributed by atoms with Gasteiger partial charge in [-0.25, -0.2) is 9.80 Å². The number of likely N-dealkylation sites (N-methyl/N-ethyl adjacent to an activating group) is 1. The highest BCUT2D eigenvalue weighted by atomic mass is 35.5. The van der Waals surface area contributed by atoms with Crippen molar-refractivity contribution >= 4 is 36.8 Å². The Morgan fingerprint density at radius 1 is 1.07 bits per heavy atom. The van der Waals surface area contributed by atoms with E-state index in [9.17, 15) is 9.59 Å². The van der Waals surface area contributed by atoms with Crippen molar-refractivity contribution in [1.82, 2.24) is 20.7 Å². The van der Waals surface area contributed by atoms with Gasteiger partial charge in [0.15, 0.2) is 11.5 Å². The second-order valence-corrected chi connectivity index (χ2v) is 12.1. The first-order chi connectivity index (χ1) is 19.5. The lowest BCUT2D eigenvalue weighted by Gasteiger charge is -2.55. The van der Waals surface area contributed by atoms with E-state index < -0.39 is 12.1 Å². The maximum atomic E-state index is 13.3. The molecule has 2 amide bonds. The molecule has 0 aromatic heterocycles. The summed E-state index contributed by atoms with van der Waals surface area (Å²) < 4.78 is 12.6. The average Bonchev–Trinajstić information content (AvgIpc) is 3.31. The molecule has 0 saturated carbocycles. The molecule has 1 spiro atoms. The number of carbonyl (C=O) groups excluding carboxylic acids is 2. The second-order valence-electron chi connectivity index (χ2n) is 12.1. The molecule has 2 saturated heterocycles. The summed E-state index contributed by atoms with van der Waals surface area (Å²) in [5, 5.41) is 4.82. The molecule has 226 valence electrons. The average molecular weight is 616 g/mol. The zero-order valence-corrected chi connectivity index (χ0v) is 25.6. The molecule has 7 rings (SSSR count). The molecule has 8 nitrogen and oxygen atoms in total. The molecule has 42 heavy (non-hydrogen) atoms. The lowest BCUT2D eigenvalue weighted by molar-refractivity contribution is -0.128. The number of carbonyl (C=O) groups is 2. The van der Waals surface area contributed by atoms with Crippen LogP contribution in [0.4, 0.5) is 4.79 Å². The van der Waals surface area contributed by atoms with E-state index in [4.69, 9.17) is 9.47 Å². The number of nitrogens with one attached hydrogen (secondary N) is 2. The number of likely N-dealkylation sites (tertiary alicyclic amines) is 1. The Hall–Kier alpha value is -2.78. The van der Waals surface area contributed by atoms with Crippen molar-refractivity contribution in [2.45, 2.75) is 68.5 Å². The van der Waals surface area contributed by atoms with Crippen LogP contribution < -0.4 is 20.2 Å². The first-order valence-corrected chi connectivity index (χ1v) is 14.8. The molecule has 5 atom stereocenters. The van der Waals surface area contributed by atoms with Crippen molar-refractivity contribution < 1.29 is 19.1 Å². The molecule has 3 aliphatic heterocycles. The molecule has 2 aliphatic carbocycles. The first kappa shape index (κ1) is 30.7. The van der Waals surface area contributed by atoms with E-state index in [0.717, 1.165) is 57.3 Å². The molecule has 2 aromatic rings. The Labute approximate surface area is 260 Å². The van der Waals surface area contributed by atoms with Gasteiger partial charge in [0.2, 0.25) is 0 Å². The van der Waals surface area contributed by atoms with Gasteiger partial charge < -0.3 is 19.7 Å². The maximum absolute atomic E-state index is 13.3. The van der Waals surface area contributed by atoms with Crippen molar-refractivity contribution in [1.29, 1.82) is 0 Å². The Kier molecular flexibility index (Phi) is 9.09. The first-order valence-electron chi connectivity index (χ1n) is 14.8. The van der Waals surface area contributed by atoms with Crippen LogP contribution in [-0.4, -0.2) is 66.8 Å². The Bertz CT molecular complexity index is 1340. The summed E-state index contributed by atoms with van der Waals surface area (Å²) in [5.74, 6) is 1.32. The molecule has 2 N–H and O–H groups in total. The fourth-order valence-corrected chi connectivity index (χ4v) is 7.85. The predicted octanol–water partition coefficient (Wildman–Crippen LogP) is 4.58. The van der Waals surface area contributed by atoms with Gasteiger partial charge in [-0.1, -0.05) is 55.0 Å². The van der Waals surface area contributed by atoms with Crippen LogP contribution in [0.2, 0.25) is 0 Å². The normalized spacial score (nSPS) is 27.8. The quantitative estimate of drug-likeness (QED) is 0.463. The number of rotatable bonds is 6. The van der Waals surface area contributed by atoms with Gasteiger partial charge in [-0.3, -0.25) is 10.2 Å². The molecule has 0 radical (unpaired) electrons. The number of hydrogen-bond donors (Lipinski definition) is 2. The SMILES string of the molecule is CN1CC[C@]23c4c5ccc(OC(=O)N[C@@H](Cc6ccccc6)C(=O)NN6CCCCC6)c4O[C@H]2CC=CC3C1C5.Cl.Cl. The summed E-state index contributed by atoms with van der Waals surface area (Å²) in [7, 11) is 2.23. The van der Waals surface area contributed by atoms with Gasteiger partial charge in [0.25, 0.3) is 5.91 Å². The van der Waals surface area contributed by atoms with E-state index in [1.54, 1.807) is 0 Å². The highest BCUT2D eigenvalue weighted by Gasteiger charge is 2.62. The van der Waals surface area contributed by atoms with Crippen molar-refractivity contribution in [2.24, 2.45) is 5.92 Å². The molecule has 2 bridgehead atoms. The van der Waals surface area contributed by atoms with Gasteiger partial charge in [-0.15, -0.1) is 24.8 Å². The number of nitrogens with zero attached hydrogens (tertiary/aromatic N) is 2. The summed E-state index contributed by atoms with van der Waals surface area (Å²) in [5.41, 5.74) is 6.47. The molecular formula is C32H40Cl2N4O4. The molecule has 2 aromatic carbocycles. The van der Waals surface area contributed by atoms with Crippen molar-refractivity contribution in [3.8, 4) is 11.5 Å². The van der Waals surface area contributed by atoms with Crippen LogP contribution in [0, 0.1) is 5.92 Å². The third kappa shape index (κ3) is 5.27. The summed E-state index contributed by atoms with van der Waals surface area (Å²) in [6.07, 6.45) is 10.6. The molecule has 5 aliphatic rings. The summed E-state index contributed by atoms with van der Waals surface area (Å²) >= 11 is 0. The highest BCUT2D eigenvalue weighted by Crippen LogP contribution is 2.62. The van der Waals surface area contributed by atoms with E-state index in [1.165, 1.54) is 17.5 Å². The lowest BCUT2D eigenvalue weighted by atomic mass is 9.54. The Morgan fingerprint density at radius 3 is 2.64 bits per heavy atom. The van der Waals surface area contributed by atoms with Crippen LogP contribution in [-0.2, 0) is 23.1 Å². The molecule has 3 heterocycles. The Balaban J connectivity index is 0.00000176. The van der Waals surface area contributed by atoms with Crippen molar-refractivity contribution in [3.63, 3.8) is 0 Å². The van der Waals surface area contributed by atoms with Gasteiger partial charge in [-0.2, -0.15) is 0 Å². The minimum Gasteiger partial charge on any atom is -0.485 e. The standard InChI is InChI=1S/C32H38N4O4.2ClH/c1-35-18-15-32-23-11-8-12-27(32)40-29-26(14-13-22(28(29)32)20-25(23)35)39-31(38)33-24(19-21-9-4-2-5-10-21)30(37)34-36-16-6-3-7-17-36;;/h2,4-5,8-11,13-14,23-25,27H,3,6-7,12,15-20H2,1H3,(H,33,38)(H,34,37);2*1H/t23?,24-,25?,27-,32+;;/m0../s1. The summed E-state index contributed by atoms with van der Waals surface area (Å²) in [6.45, 7) is 2.67. The lowest BCUT2D eigenvalue weighted by Crippen LogP contribution is -2.62. The molecule has 2 fully saturated rings. The largest absolute Gasteiger partial charge is 0.485 e. The van der Waals surface area contributed by atoms with Crippen LogP contribution in [0.5, 0.6) is 11.5 Å². The molecule has 2 unspecified atom stereocenters. The maximum Gasteiger partial charge on any atom is 0.413 e. The van der Waals surface area contributed by atoms with Crippen molar-refractivity contribution in [2.75, 3.05) is 26.7 Å². The number of ether oxygens (including phenoxy) is 2. The molecule has 10 heteroatoms. The fourth-order valence-electron chi connectivity index (χ4n) is 7.85. The van der Waals surface area contributed by atoms with Crippen LogP contribution in [0.15, 0.2) is 54.6 Å². The van der Waals surface area contributed by atoms with E-state index in [-0.39, 0.29) is 42.2 Å². The second kappa shape index (κ2) is 12.4. The summed E-state index contributed by atoms with van der Waals surface area (Å²) in [4.78, 5) is 29.2. The van der Waals surface area contributed by atoms with Crippen LogP contribution in [0.1, 0.15) is 48.8 Å². The number of piperidine rings is 2. The van der Waals surface area contributed by atoms with Gasteiger partial charge in [0.05, 0.1) is 0 Å². The third-order valence-corrected chi connectivity index (χ3v) is 9.80. The van der Waals surface area contributed by atoms with Gasteiger partial charge >= 0.3 is 6.09 Å². The van der Waals surface area contributed by atoms with E-state index >= 15 is 0 Å². The van der Waals surface area contributed by atoms with Crippen LogP contribution in [0.25, 0.3) is 0 Å². The van der Waals surface area contributed by atoms with E-state index in [2.05, 4.69) is 40.9 Å². The Morgan fingerprint density at radius 2 is 1.86 bits per heavy atom. The minimum atomic E-state index is -0.770. The van der Waals surface area contributed by atoms with Gasteiger partial charge in [0.1, 0.15) is 12.1 Å². The fraction of sp³-hybridized carbons (Fsp3) is 0.500. The van der Waals surface area contributed by atoms with E-state index in [1.807, 2.05) is 41.4 Å². The monoisotopic (exact) mass is 614 g/mol. The zero-order valence-electron chi connectivity index (χ0n) is 23.9. The summed E-state index contributed by atoms with van der Waals surface area (Å²) in [6, 6.07) is 13.4. The van der Waals surface area contributed by atoms with Gasteiger partial charge in [-0.05, 0) is 56.5 Å². The topological polar surface area (TPSA) is 83.1 Å². The number of hydrazine groups is 1. The number of amides is 2. The highest BCUT2D eigenvalue weighted by molar-refractivity contribution is 5.86. The minimum absolute atomic E-state index is 0. The zero-order chi connectivity index (χ0) is 27.3. The van der Waals surface area contributed by atoms with Crippen LogP contribution in [0.3, 0.4) is 0 Å². The van der Waals surface area contributed by atoms with Crippen LogP contribution >= 0.6 is 24.8 Å². The van der Waals surface area contributed by atoms with Crippen molar-refractivity contribution in [3.05, 3.63) is 71.3 Å². The molecular weight excluding hydrogens is 575 g/mol. The third-order valence-electron chi connectivity index (χ3n) is 9.80. The predicted molar refractivity (Wildman–Crippen MR) is 166 cm³/mol. The van der Waals surface area contributed by atoms with E-state index in [0.29, 0.717) is 29.9 Å². The smallest absolute Gasteiger partial charge is 0.413 e.